The lowest BCUT2D eigenvalue weighted by atomic mass is 10.0. The van der Waals surface area contributed by atoms with Crippen molar-refractivity contribution >= 4 is 22.6 Å². The molecule has 190 valence electrons. The van der Waals surface area contributed by atoms with E-state index in [0.717, 1.165) is 16.7 Å². The molecule has 1 N–H and O–H groups in total. The quantitative estimate of drug-likeness (QED) is 0.240. The van der Waals surface area contributed by atoms with Crippen molar-refractivity contribution in [2.24, 2.45) is 0 Å². The molecule has 0 saturated heterocycles. The summed E-state index contributed by atoms with van der Waals surface area (Å²) in [7, 11) is 0. The first-order chi connectivity index (χ1) is 18.5. The topological polar surface area (TPSA) is 125 Å². The Balaban J connectivity index is 1.18. The number of nitrogens with one attached hydrogen (secondary N) is 1. The summed E-state index contributed by atoms with van der Waals surface area (Å²) in [6.07, 6.45) is 3.11. The largest absolute Gasteiger partial charge is 0.354 e. The summed E-state index contributed by atoms with van der Waals surface area (Å²) >= 11 is 0. The van der Waals surface area contributed by atoms with Gasteiger partial charge in [0.15, 0.2) is 5.65 Å². The predicted octanol–water partition coefficient (Wildman–Crippen LogP) is 3.58. The number of nitrogens with zero attached hydrogens (tertiary/aromatic N) is 5. The van der Waals surface area contributed by atoms with Gasteiger partial charge in [0.2, 0.25) is 5.91 Å². The third kappa shape index (κ3) is 5.49. The Morgan fingerprint density at radius 2 is 1.71 bits per heavy atom. The maximum atomic E-state index is 12.9. The molecule has 2 aromatic heterocycles. The second-order valence-electron chi connectivity index (χ2n) is 8.80. The van der Waals surface area contributed by atoms with Crippen LogP contribution in [0, 0.1) is 10.1 Å². The molecule has 0 saturated carbocycles. The standard InChI is InChI=1S/C28H24N6O4/c35-26(16-20-9-11-23(12-10-20)22-6-2-1-3-7-22)29-13-14-33-27-25(17-31-33)28(36)32(19-30-27)18-21-5-4-8-24(15-21)34(37)38/h1-12,15,17,19H,13-14,16,18H2,(H,29,35). The van der Waals surface area contributed by atoms with Crippen molar-refractivity contribution in [3.63, 3.8) is 0 Å². The molecule has 2 heterocycles. The molecule has 0 spiro atoms. The van der Waals surface area contributed by atoms with Gasteiger partial charge < -0.3 is 5.32 Å². The van der Waals surface area contributed by atoms with E-state index in [0.29, 0.717) is 29.7 Å². The second-order valence-corrected chi connectivity index (χ2v) is 8.80. The number of amides is 1. The van der Waals surface area contributed by atoms with E-state index < -0.39 is 4.92 Å². The molecule has 0 aliphatic rings. The van der Waals surface area contributed by atoms with Crippen LogP contribution in [-0.2, 0) is 24.3 Å². The van der Waals surface area contributed by atoms with Gasteiger partial charge in [-0.3, -0.25) is 24.3 Å². The average molecular weight is 509 g/mol. The molecule has 10 nitrogen and oxygen atoms in total. The highest BCUT2D eigenvalue weighted by molar-refractivity contribution is 5.79. The number of aromatic nitrogens is 4. The SMILES string of the molecule is O=C(Cc1ccc(-c2ccccc2)cc1)NCCn1ncc2c(=O)n(Cc3cccc([N+](=O)[O-])c3)cnc21. The van der Waals surface area contributed by atoms with Gasteiger partial charge >= 0.3 is 0 Å². The van der Waals surface area contributed by atoms with E-state index in [9.17, 15) is 19.7 Å². The minimum Gasteiger partial charge on any atom is -0.354 e. The summed E-state index contributed by atoms with van der Waals surface area (Å²) in [5.74, 6) is -0.110. The van der Waals surface area contributed by atoms with Crippen LogP contribution in [0.1, 0.15) is 11.1 Å². The van der Waals surface area contributed by atoms with Gasteiger partial charge in [-0.15, -0.1) is 0 Å². The van der Waals surface area contributed by atoms with Crippen molar-refractivity contribution in [3.8, 4) is 11.1 Å². The summed E-state index contributed by atoms with van der Waals surface area (Å²) in [5.41, 5.74) is 3.83. The van der Waals surface area contributed by atoms with Gasteiger partial charge in [-0.05, 0) is 22.3 Å². The number of carbonyl (C=O) groups is 1. The van der Waals surface area contributed by atoms with Crippen molar-refractivity contribution in [2.75, 3.05) is 6.54 Å². The van der Waals surface area contributed by atoms with Crippen LogP contribution in [0.15, 0.2) is 96.2 Å². The van der Waals surface area contributed by atoms with Gasteiger partial charge in [0.05, 0.1) is 30.6 Å². The molecule has 3 aromatic carbocycles. The maximum absolute atomic E-state index is 12.9. The lowest BCUT2D eigenvalue weighted by Crippen LogP contribution is -2.29. The highest BCUT2D eigenvalue weighted by Gasteiger charge is 2.12. The zero-order chi connectivity index (χ0) is 26.5. The fourth-order valence-electron chi connectivity index (χ4n) is 4.23. The monoisotopic (exact) mass is 508 g/mol. The molecule has 0 atom stereocenters. The highest BCUT2D eigenvalue weighted by Crippen LogP contribution is 2.19. The molecule has 0 fully saturated rings. The maximum Gasteiger partial charge on any atom is 0.269 e. The Morgan fingerprint density at radius 1 is 0.947 bits per heavy atom. The Kier molecular flexibility index (Phi) is 7.03. The van der Waals surface area contributed by atoms with Crippen LogP contribution in [0.5, 0.6) is 0 Å². The first kappa shape index (κ1) is 24.6. The molecular formula is C28H24N6O4. The van der Waals surface area contributed by atoms with Crippen LogP contribution in [-0.4, -0.2) is 36.7 Å². The zero-order valence-corrected chi connectivity index (χ0v) is 20.4. The highest BCUT2D eigenvalue weighted by atomic mass is 16.6. The van der Waals surface area contributed by atoms with Crippen LogP contribution in [0.2, 0.25) is 0 Å². The lowest BCUT2D eigenvalue weighted by Gasteiger charge is -2.08. The number of hydrogen-bond acceptors (Lipinski definition) is 6. The first-order valence-electron chi connectivity index (χ1n) is 12.0. The molecule has 10 heteroatoms. The molecule has 38 heavy (non-hydrogen) atoms. The summed E-state index contributed by atoms with van der Waals surface area (Å²) in [4.78, 5) is 40.3. The van der Waals surface area contributed by atoms with Crippen molar-refractivity contribution in [1.82, 2.24) is 24.6 Å². The lowest BCUT2D eigenvalue weighted by molar-refractivity contribution is -0.384. The van der Waals surface area contributed by atoms with Crippen molar-refractivity contribution < 1.29 is 9.72 Å². The number of carbonyl (C=O) groups excluding carboxylic acids is 1. The zero-order valence-electron chi connectivity index (χ0n) is 20.4. The number of nitro groups is 1. The third-order valence-electron chi connectivity index (χ3n) is 6.17. The van der Waals surface area contributed by atoms with E-state index in [1.165, 1.54) is 29.2 Å². The van der Waals surface area contributed by atoms with Gasteiger partial charge in [0.1, 0.15) is 11.7 Å². The van der Waals surface area contributed by atoms with Gasteiger partial charge in [0.25, 0.3) is 11.2 Å². The van der Waals surface area contributed by atoms with E-state index in [1.807, 2.05) is 54.6 Å². The minimum atomic E-state index is -0.474. The number of hydrogen-bond donors (Lipinski definition) is 1. The number of fused-ring (bicyclic) bond motifs is 1. The number of rotatable bonds is 9. The van der Waals surface area contributed by atoms with E-state index >= 15 is 0 Å². The second kappa shape index (κ2) is 10.9. The van der Waals surface area contributed by atoms with Crippen LogP contribution < -0.4 is 10.9 Å². The Hall–Kier alpha value is -5.12. The average Bonchev–Trinajstić information content (AvgIpc) is 3.35. The molecule has 0 radical (unpaired) electrons. The fourth-order valence-corrected chi connectivity index (χ4v) is 4.23. The van der Waals surface area contributed by atoms with Gasteiger partial charge in [-0.1, -0.05) is 66.7 Å². The Bertz CT molecular complexity index is 1660. The van der Waals surface area contributed by atoms with Crippen LogP contribution in [0.4, 0.5) is 5.69 Å². The number of non-ortho nitro benzene ring substituents is 1. The van der Waals surface area contributed by atoms with Crippen molar-refractivity contribution in [2.45, 2.75) is 19.5 Å². The van der Waals surface area contributed by atoms with Crippen LogP contribution in [0.25, 0.3) is 22.2 Å². The summed E-state index contributed by atoms with van der Waals surface area (Å²) < 4.78 is 2.96. The smallest absolute Gasteiger partial charge is 0.269 e. The van der Waals surface area contributed by atoms with E-state index in [1.54, 1.807) is 16.8 Å². The van der Waals surface area contributed by atoms with Crippen LogP contribution in [0.3, 0.4) is 0 Å². The Morgan fingerprint density at radius 3 is 2.47 bits per heavy atom. The molecule has 0 unspecified atom stereocenters. The Labute approximate surface area is 217 Å². The molecule has 0 aliphatic carbocycles. The summed E-state index contributed by atoms with van der Waals surface area (Å²) in [5, 5.41) is 18.5. The molecular weight excluding hydrogens is 484 g/mol. The van der Waals surface area contributed by atoms with Crippen molar-refractivity contribution in [3.05, 3.63) is 123 Å². The van der Waals surface area contributed by atoms with Crippen LogP contribution >= 0.6 is 0 Å². The molecule has 0 aliphatic heterocycles. The van der Waals surface area contributed by atoms with Gasteiger partial charge in [-0.25, -0.2) is 9.67 Å². The summed E-state index contributed by atoms with van der Waals surface area (Å²) in [6.45, 7) is 0.830. The molecule has 1 amide bonds. The van der Waals surface area contributed by atoms with Crippen molar-refractivity contribution in [1.29, 1.82) is 0 Å². The molecule has 5 rings (SSSR count). The number of nitro benzene ring substituents is 1. The van der Waals surface area contributed by atoms with E-state index in [4.69, 9.17) is 0 Å². The number of benzene rings is 3. The van der Waals surface area contributed by atoms with E-state index in [2.05, 4.69) is 15.4 Å². The van der Waals surface area contributed by atoms with Gasteiger partial charge in [0, 0.05) is 18.7 Å². The summed E-state index contributed by atoms with van der Waals surface area (Å²) in [6, 6.07) is 24.1. The normalized spacial score (nSPS) is 10.9. The minimum absolute atomic E-state index is 0.0383. The van der Waals surface area contributed by atoms with Gasteiger partial charge in [-0.2, -0.15) is 5.10 Å². The first-order valence-corrected chi connectivity index (χ1v) is 12.0. The molecule has 0 bridgehead atoms. The third-order valence-corrected chi connectivity index (χ3v) is 6.17. The predicted molar refractivity (Wildman–Crippen MR) is 143 cm³/mol. The van der Waals surface area contributed by atoms with E-state index in [-0.39, 0.29) is 30.1 Å². The molecule has 5 aromatic rings. The fraction of sp³-hybridized carbons (Fsp3) is 0.143.